The highest BCUT2D eigenvalue weighted by Gasteiger charge is 2.22. The molecule has 0 radical (unpaired) electrons. The Morgan fingerprint density at radius 2 is 2.12 bits per heavy atom. The fraction of sp³-hybridized carbons (Fsp3) is 0.368. The maximum atomic E-state index is 13.4. The number of anilines is 1. The molecule has 0 atom stereocenters. The maximum Gasteiger partial charge on any atom is 0.263 e. The Hall–Kier alpha value is -2.21. The van der Waals surface area contributed by atoms with Gasteiger partial charge in [-0.2, -0.15) is 0 Å². The van der Waals surface area contributed by atoms with E-state index in [1.165, 1.54) is 29.0 Å². The molecule has 4 nitrogen and oxygen atoms in total. The fourth-order valence-corrected chi connectivity index (χ4v) is 4.84. The summed E-state index contributed by atoms with van der Waals surface area (Å²) < 4.78 is 15.0. The van der Waals surface area contributed by atoms with Gasteiger partial charge in [0.2, 0.25) is 5.95 Å². The molecule has 2 heterocycles. The standard InChI is InChI=1S/C19H20FN3OS/c1-22(11-12-6-5-7-13(20)10-12)19-21-17-16(18(24)23(19)2)14-8-3-4-9-15(14)25-17/h5-7,10H,3-4,8-9,11H2,1-2H3. The normalized spacial score (nSPS) is 13.9. The van der Waals surface area contributed by atoms with E-state index in [1.54, 1.807) is 29.0 Å². The van der Waals surface area contributed by atoms with Crippen molar-refractivity contribution in [1.82, 2.24) is 9.55 Å². The van der Waals surface area contributed by atoms with Crippen LogP contribution in [0.1, 0.15) is 28.8 Å². The van der Waals surface area contributed by atoms with E-state index < -0.39 is 0 Å². The minimum atomic E-state index is -0.255. The number of benzene rings is 1. The van der Waals surface area contributed by atoms with E-state index in [9.17, 15) is 9.18 Å². The number of thiophene rings is 1. The van der Waals surface area contributed by atoms with Gasteiger partial charge in [-0.3, -0.25) is 9.36 Å². The van der Waals surface area contributed by atoms with Gasteiger partial charge in [0.05, 0.1) is 5.39 Å². The molecule has 0 amide bonds. The van der Waals surface area contributed by atoms with Crippen molar-refractivity contribution >= 4 is 27.5 Å². The van der Waals surface area contributed by atoms with E-state index in [0.29, 0.717) is 12.5 Å². The monoisotopic (exact) mass is 357 g/mol. The first-order valence-corrected chi connectivity index (χ1v) is 9.33. The quantitative estimate of drug-likeness (QED) is 0.718. The Balaban J connectivity index is 1.77. The van der Waals surface area contributed by atoms with Crippen LogP contribution in [0.5, 0.6) is 0 Å². The number of aromatic nitrogens is 2. The van der Waals surface area contributed by atoms with Gasteiger partial charge in [-0.15, -0.1) is 11.3 Å². The van der Waals surface area contributed by atoms with Crippen LogP contribution < -0.4 is 10.5 Å². The fourth-order valence-electron chi connectivity index (χ4n) is 3.60. The molecule has 25 heavy (non-hydrogen) atoms. The zero-order valence-corrected chi connectivity index (χ0v) is 15.2. The predicted octanol–water partition coefficient (Wildman–Crippen LogP) is 3.65. The lowest BCUT2D eigenvalue weighted by molar-refractivity contribution is 0.624. The minimum Gasteiger partial charge on any atom is -0.341 e. The predicted molar refractivity (Wildman–Crippen MR) is 100 cm³/mol. The highest BCUT2D eigenvalue weighted by Crippen LogP contribution is 2.34. The smallest absolute Gasteiger partial charge is 0.263 e. The van der Waals surface area contributed by atoms with Gasteiger partial charge < -0.3 is 4.90 Å². The number of fused-ring (bicyclic) bond motifs is 3. The first kappa shape index (κ1) is 16.3. The highest BCUT2D eigenvalue weighted by molar-refractivity contribution is 7.18. The van der Waals surface area contributed by atoms with Gasteiger partial charge in [0.25, 0.3) is 5.56 Å². The maximum absolute atomic E-state index is 13.4. The molecule has 1 aliphatic rings. The molecule has 0 N–H and O–H groups in total. The van der Waals surface area contributed by atoms with Crippen LogP contribution in [0.15, 0.2) is 29.1 Å². The molecule has 0 saturated heterocycles. The Morgan fingerprint density at radius 3 is 2.92 bits per heavy atom. The molecule has 1 aromatic carbocycles. The van der Waals surface area contributed by atoms with Crippen molar-refractivity contribution in [3.05, 3.63) is 56.4 Å². The molecule has 3 aromatic rings. The molecule has 2 aromatic heterocycles. The van der Waals surface area contributed by atoms with Crippen LogP contribution in [0.2, 0.25) is 0 Å². The van der Waals surface area contributed by atoms with E-state index in [4.69, 9.17) is 4.98 Å². The second-order valence-corrected chi connectivity index (χ2v) is 7.74. The third-order valence-corrected chi connectivity index (χ3v) is 6.01. The van der Waals surface area contributed by atoms with Gasteiger partial charge in [-0.25, -0.2) is 9.37 Å². The van der Waals surface area contributed by atoms with Gasteiger partial charge in [0.15, 0.2) is 0 Å². The minimum absolute atomic E-state index is 0.0190. The van der Waals surface area contributed by atoms with Gasteiger partial charge >= 0.3 is 0 Å². The van der Waals surface area contributed by atoms with E-state index in [1.807, 2.05) is 18.0 Å². The van der Waals surface area contributed by atoms with Crippen molar-refractivity contribution in [2.24, 2.45) is 7.05 Å². The van der Waals surface area contributed by atoms with Gasteiger partial charge in [0.1, 0.15) is 10.6 Å². The third-order valence-electron chi connectivity index (χ3n) is 4.82. The lowest BCUT2D eigenvalue weighted by Crippen LogP contribution is -2.28. The Labute approximate surface area is 149 Å². The number of hydrogen-bond donors (Lipinski definition) is 0. The molecule has 0 unspecified atom stereocenters. The number of rotatable bonds is 3. The summed E-state index contributed by atoms with van der Waals surface area (Å²) in [5.41, 5.74) is 2.08. The highest BCUT2D eigenvalue weighted by atomic mass is 32.1. The van der Waals surface area contributed by atoms with Crippen molar-refractivity contribution in [3.8, 4) is 0 Å². The topological polar surface area (TPSA) is 38.1 Å². The number of hydrogen-bond acceptors (Lipinski definition) is 4. The van der Waals surface area contributed by atoms with Gasteiger partial charge in [-0.05, 0) is 48.9 Å². The molecule has 0 aliphatic heterocycles. The van der Waals surface area contributed by atoms with Crippen molar-refractivity contribution in [1.29, 1.82) is 0 Å². The number of halogens is 1. The Morgan fingerprint density at radius 1 is 1.32 bits per heavy atom. The third kappa shape index (κ3) is 2.84. The number of aryl methyl sites for hydroxylation is 2. The largest absolute Gasteiger partial charge is 0.341 e. The average molecular weight is 357 g/mol. The van der Waals surface area contributed by atoms with Crippen molar-refractivity contribution in [2.75, 3.05) is 11.9 Å². The average Bonchev–Trinajstić information content (AvgIpc) is 2.96. The van der Waals surface area contributed by atoms with Gasteiger partial charge in [0, 0.05) is 25.5 Å². The van der Waals surface area contributed by atoms with Crippen LogP contribution in [0, 0.1) is 5.82 Å². The Bertz CT molecular complexity index is 1010. The van der Waals surface area contributed by atoms with E-state index in [2.05, 4.69) is 0 Å². The second kappa shape index (κ2) is 6.26. The summed E-state index contributed by atoms with van der Waals surface area (Å²) >= 11 is 1.65. The summed E-state index contributed by atoms with van der Waals surface area (Å²) in [6.45, 7) is 0.495. The first-order valence-electron chi connectivity index (χ1n) is 8.51. The molecule has 6 heteroatoms. The van der Waals surface area contributed by atoms with Crippen molar-refractivity contribution in [2.45, 2.75) is 32.2 Å². The molecule has 0 spiro atoms. The van der Waals surface area contributed by atoms with Crippen LogP contribution in [-0.2, 0) is 26.4 Å². The van der Waals surface area contributed by atoms with Crippen LogP contribution in [0.3, 0.4) is 0 Å². The summed E-state index contributed by atoms with van der Waals surface area (Å²) in [5.74, 6) is 0.356. The molecule has 0 fully saturated rings. The van der Waals surface area contributed by atoms with Crippen molar-refractivity contribution < 1.29 is 4.39 Å². The lowest BCUT2D eigenvalue weighted by Gasteiger charge is -2.20. The van der Waals surface area contributed by atoms with Crippen LogP contribution in [0.25, 0.3) is 10.2 Å². The van der Waals surface area contributed by atoms with E-state index in [0.717, 1.165) is 35.0 Å². The molecule has 0 bridgehead atoms. The molecular formula is C19H20FN3OS. The summed E-state index contributed by atoms with van der Waals surface area (Å²) in [6, 6.07) is 6.51. The SMILES string of the molecule is CN(Cc1cccc(F)c1)c1nc2sc3c(c2c(=O)n1C)CCCC3. The first-order chi connectivity index (χ1) is 12.0. The van der Waals surface area contributed by atoms with Crippen LogP contribution in [0.4, 0.5) is 10.3 Å². The van der Waals surface area contributed by atoms with Gasteiger partial charge in [-0.1, -0.05) is 12.1 Å². The van der Waals surface area contributed by atoms with E-state index in [-0.39, 0.29) is 11.4 Å². The summed E-state index contributed by atoms with van der Waals surface area (Å²) in [5, 5.41) is 0.796. The van der Waals surface area contributed by atoms with Crippen LogP contribution in [-0.4, -0.2) is 16.6 Å². The van der Waals surface area contributed by atoms with E-state index >= 15 is 0 Å². The Kier molecular flexibility index (Phi) is 4.07. The van der Waals surface area contributed by atoms with Crippen molar-refractivity contribution in [3.63, 3.8) is 0 Å². The van der Waals surface area contributed by atoms with Crippen LogP contribution >= 0.6 is 11.3 Å². The molecule has 4 rings (SSSR count). The zero-order valence-electron chi connectivity index (χ0n) is 14.4. The molecule has 1 aliphatic carbocycles. The lowest BCUT2D eigenvalue weighted by atomic mass is 9.97. The summed E-state index contributed by atoms with van der Waals surface area (Å²) in [6.07, 6.45) is 4.36. The summed E-state index contributed by atoms with van der Waals surface area (Å²) in [7, 11) is 3.64. The molecule has 0 saturated carbocycles. The second-order valence-electron chi connectivity index (χ2n) is 6.65. The number of nitrogens with zero attached hydrogens (tertiary/aromatic N) is 3. The summed E-state index contributed by atoms with van der Waals surface area (Å²) in [4.78, 5) is 21.8. The molecule has 130 valence electrons. The zero-order chi connectivity index (χ0) is 17.6. The molecular weight excluding hydrogens is 337 g/mol.